The lowest BCUT2D eigenvalue weighted by Gasteiger charge is -2.36. The molecule has 2 aromatic rings. The van der Waals surface area contributed by atoms with Gasteiger partial charge >= 0.3 is 0 Å². The van der Waals surface area contributed by atoms with E-state index in [1.807, 2.05) is 37.4 Å². The summed E-state index contributed by atoms with van der Waals surface area (Å²) in [5.41, 5.74) is 1.63. The largest absolute Gasteiger partial charge is 0.492 e. The van der Waals surface area contributed by atoms with E-state index >= 15 is 0 Å². The minimum atomic E-state index is -3.19. The van der Waals surface area contributed by atoms with Gasteiger partial charge in [-0.15, -0.1) is 0 Å². The summed E-state index contributed by atoms with van der Waals surface area (Å²) in [6.07, 6.45) is 3.49. The SMILES string of the molecule is CCn1cc([C@H]2CS(=O)(=O)CCN2C(=O)[C@@H]2COc3ccccc32)cn1. The smallest absolute Gasteiger partial charge is 0.234 e. The Morgan fingerprint density at radius 1 is 1.35 bits per heavy atom. The number of carbonyl (C=O) groups is 1. The van der Waals surface area contributed by atoms with Crippen molar-refractivity contribution in [3.05, 3.63) is 47.8 Å². The van der Waals surface area contributed by atoms with Crippen LogP contribution in [-0.4, -0.2) is 53.7 Å². The molecule has 0 bridgehead atoms. The number of hydrogen-bond acceptors (Lipinski definition) is 5. The number of carbonyl (C=O) groups excluding carboxylic acids is 1. The number of para-hydroxylation sites is 1. The summed E-state index contributed by atoms with van der Waals surface area (Å²) in [6.45, 7) is 3.14. The number of ether oxygens (including phenoxy) is 1. The van der Waals surface area contributed by atoms with Gasteiger partial charge in [-0.3, -0.25) is 9.48 Å². The average molecular weight is 375 g/mol. The minimum Gasteiger partial charge on any atom is -0.492 e. The van der Waals surface area contributed by atoms with Crippen molar-refractivity contribution in [2.24, 2.45) is 0 Å². The Balaban J connectivity index is 1.66. The predicted molar refractivity (Wildman–Crippen MR) is 95.7 cm³/mol. The topological polar surface area (TPSA) is 81.5 Å². The van der Waals surface area contributed by atoms with Crippen LogP contribution >= 0.6 is 0 Å². The highest BCUT2D eigenvalue weighted by Gasteiger charge is 2.41. The zero-order chi connectivity index (χ0) is 18.3. The molecule has 1 amide bonds. The number of rotatable bonds is 3. The molecule has 1 fully saturated rings. The minimum absolute atomic E-state index is 0.00756. The zero-order valence-electron chi connectivity index (χ0n) is 14.5. The molecule has 4 rings (SSSR count). The van der Waals surface area contributed by atoms with Crippen molar-refractivity contribution >= 4 is 15.7 Å². The molecule has 138 valence electrons. The van der Waals surface area contributed by atoms with Crippen LogP contribution in [0.25, 0.3) is 0 Å². The molecule has 1 aromatic carbocycles. The second-order valence-corrected chi connectivity index (χ2v) is 8.92. The number of nitrogens with zero attached hydrogens (tertiary/aromatic N) is 3. The maximum Gasteiger partial charge on any atom is 0.234 e. The van der Waals surface area contributed by atoms with Crippen LogP contribution in [0, 0.1) is 0 Å². The lowest BCUT2D eigenvalue weighted by atomic mass is 9.98. The van der Waals surface area contributed by atoms with E-state index < -0.39 is 21.8 Å². The molecule has 0 unspecified atom stereocenters. The Hall–Kier alpha value is -2.35. The van der Waals surface area contributed by atoms with Gasteiger partial charge in [-0.05, 0) is 13.0 Å². The molecular formula is C18H21N3O4S. The van der Waals surface area contributed by atoms with E-state index in [-0.39, 0.29) is 24.0 Å². The molecule has 0 N–H and O–H groups in total. The number of hydrogen-bond donors (Lipinski definition) is 0. The molecule has 2 aliphatic rings. The van der Waals surface area contributed by atoms with Crippen molar-refractivity contribution in [1.29, 1.82) is 0 Å². The fourth-order valence-electron chi connectivity index (χ4n) is 3.64. The highest BCUT2D eigenvalue weighted by molar-refractivity contribution is 7.91. The van der Waals surface area contributed by atoms with Gasteiger partial charge in [0.05, 0.1) is 23.7 Å². The van der Waals surface area contributed by atoms with E-state index in [1.165, 1.54) is 0 Å². The van der Waals surface area contributed by atoms with Crippen LogP contribution in [0.15, 0.2) is 36.7 Å². The molecule has 0 spiro atoms. The Bertz CT molecular complexity index is 937. The molecule has 0 saturated carbocycles. The highest BCUT2D eigenvalue weighted by atomic mass is 32.2. The molecule has 2 atom stereocenters. The molecule has 2 aliphatic heterocycles. The van der Waals surface area contributed by atoms with Crippen molar-refractivity contribution in [3.63, 3.8) is 0 Å². The van der Waals surface area contributed by atoms with Crippen molar-refractivity contribution in [2.75, 3.05) is 24.7 Å². The molecule has 0 aliphatic carbocycles. The number of benzene rings is 1. The van der Waals surface area contributed by atoms with Crippen LogP contribution in [-0.2, 0) is 21.2 Å². The van der Waals surface area contributed by atoms with Crippen LogP contribution in [0.1, 0.15) is 30.0 Å². The van der Waals surface area contributed by atoms with Gasteiger partial charge in [0.15, 0.2) is 9.84 Å². The molecule has 26 heavy (non-hydrogen) atoms. The molecule has 8 heteroatoms. The fraction of sp³-hybridized carbons (Fsp3) is 0.444. The van der Waals surface area contributed by atoms with Crippen LogP contribution in [0.3, 0.4) is 0 Å². The van der Waals surface area contributed by atoms with E-state index in [0.717, 1.165) is 16.9 Å². The van der Waals surface area contributed by atoms with Gasteiger partial charge < -0.3 is 9.64 Å². The Morgan fingerprint density at radius 3 is 2.92 bits per heavy atom. The molecule has 3 heterocycles. The van der Waals surface area contributed by atoms with Crippen molar-refractivity contribution in [1.82, 2.24) is 14.7 Å². The Morgan fingerprint density at radius 2 is 2.15 bits per heavy atom. The van der Waals surface area contributed by atoms with E-state index in [9.17, 15) is 13.2 Å². The molecule has 1 saturated heterocycles. The number of sulfone groups is 1. The van der Waals surface area contributed by atoms with Crippen LogP contribution < -0.4 is 4.74 Å². The first-order chi connectivity index (χ1) is 12.5. The maximum atomic E-state index is 13.3. The number of amides is 1. The first-order valence-electron chi connectivity index (χ1n) is 8.73. The van der Waals surface area contributed by atoms with Gasteiger partial charge in [0.1, 0.15) is 18.3 Å². The van der Waals surface area contributed by atoms with Crippen LogP contribution in [0.2, 0.25) is 0 Å². The second kappa shape index (κ2) is 6.42. The third kappa shape index (κ3) is 2.98. The number of aromatic nitrogens is 2. The summed E-state index contributed by atoms with van der Waals surface area (Å²) in [4.78, 5) is 14.9. The van der Waals surface area contributed by atoms with Crippen molar-refractivity contribution in [3.8, 4) is 5.75 Å². The average Bonchev–Trinajstić information content (AvgIpc) is 3.27. The summed E-state index contributed by atoms with van der Waals surface area (Å²) in [5, 5.41) is 4.24. The number of fused-ring (bicyclic) bond motifs is 1. The lowest BCUT2D eigenvalue weighted by molar-refractivity contribution is -0.135. The summed E-state index contributed by atoms with van der Waals surface area (Å²) in [7, 11) is -3.19. The van der Waals surface area contributed by atoms with Gasteiger partial charge in [-0.1, -0.05) is 18.2 Å². The Labute approximate surface area is 152 Å². The molecule has 7 nitrogen and oxygen atoms in total. The third-order valence-electron chi connectivity index (χ3n) is 5.07. The summed E-state index contributed by atoms with van der Waals surface area (Å²) >= 11 is 0. The normalized spacial score (nSPS) is 24.1. The van der Waals surface area contributed by atoms with Crippen LogP contribution in [0.4, 0.5) is 0 Å². The van der Waals surface area contributed by atoms with Gasteiger partial charge in [0.25, 0.3) is 0 Å². The summed E-state index contributed by atoms with van der Waals surface area (Å²) in [6, 6.07) is 7.01. The first-order valence-corrected chi connectivity index (χ1v) is 10.6. The van der Waals surface area contributed by atoms with Gasteiger partial charge in [0.2, 0.25) is 5.91 Å². The second-order valence-electron chi connectivity index (χ2n) is 6.69. The standard InChI is InChI=1S/C18H21N3O4S/c1-2-20-10-13(9-19-20)16-12-26(23,24)8-7-21(16)18(22)15-11-25-17-6-4-3-5-14(15)17/h3-6,9-10,15-16H,2,7-8,11-12H2,1H3/t15-,16-/m1/s1. The number of aryl methyl sites for hydroxylation is 1. The highest BCUT2D eigenvalue weighted by Crippen LogP contribution is 2.37. The lowest BCUT2D eigenvalue weighted by Crippen LogP contribution is -2.48. The van der Waals surface area contributed by atoms with E-state index in [4.69, 9.17) is 4.74 Å². The van der Waals surface area contributed by atoms with Crippen LogP contribution in [0.5, 0.6) is 5.75 Å². The predicted octanol–water partition coefficient (Wildman–Crippen LogP) is 1.38. The van der Waals surface area contributed by atoms with Crippen molar-refractivity contribution in [2.45, 2.75) is 25.4 Å². The summed E-state index contributed by atoms with van der Waals surface area (Å²) < 4.78 is 31.8. The molecule has 1 aromatic heterocycles. The molecule has 0 radical (unpaired) electrons. The van der Waals surface area contributed by atoms with Gasteiger partial charge in [-0.2, -0.15) is 5.10 Å². The van der Waals surface area contributed by atoms with E-state index in [0.29, 0.717) is 13.2 Å². The monoisotopic (exact) mass is 375 g/mol. The van der Waals surface area contributed by atoms with Gasteiger partial charge in [-0.25, -0.2) is 8.42 Å². The Kier molecular flexibility index (Phi) is 4.22. The third-order valence-corrected chi connectivity index (χ3v) is 6.70. The quantitative estimate of drug-likeness (QED) is 0.809. The molecular weight excluding hydrogens is 354 g/mol. The fourth-order valence-corrected chi connectivity index (χ4v) is 5.13. The van der Waals surface area contributed by atoms with E-state index in [1.54, 1.807) is 15.8 Å². The summed E-state index contributed by atoms with van der Waals surface area (Å²) in [5.74, 6) is 0.177. The van der Waals surface area contributed by atoms with Crippen molar-refractivity contribution < 1.29 is 17.9 Å². The van der Waals surface area contributed by atoms with E-state index in [2.05, 4.69) is 5.10 Å². The first kappa shape index (κ1) is 17.1. The maximum absolute atomic E-state index is 13.3. The van der Waals surface area contributed by atoms with Gasteiger partial charge in [0, 0.05) is 30.4 Å². The zero-order valence-corrected chi connectivity index (χ0v) is 15.4.